The zero-order valence-corrected chi connectivity index (χ0v) is 15.0. The summed E-state index contributed by atoms with van der Waals surface area (Å²) in [6.07, 6.45) is 1.74. The molecule has 0 bridgehead atoms. The molecule has 0 saturated heterocycles. The van der Waals surface area contributed by atoms with E-state index in [1.807, 2.05) is 30.3 Å². The molecule has 5 nitrogen and oxygen atoms in total. The Hall–Kier alpha value is -3.48. The molecule has 2 aromatic carbocycles. The van der Waals surface area contributed by atoms with Gasteiger partial charge in [-0.3, -0.25) is 9.59 Å². The average molecular weight is 383 g/mol. The van der Waals surface area contributed by atoms with Gasteiger partial charge in [-0.1, -0.05) is 36.4 Å². The summed E-state index contributed by atoms with van der Waals surface area (Å²) in [5.41, 5.74) is 6.49. The first-order valence-corrected chi connectivity index (χ1v) is 8.72. The molecule has 28 heavy (non-hydrogen) atoms. The van der Waals surface area contributed by atoms with Gasteiger partial charge in [0.05, 0.1) is 11.1 Å². The van der Waals surface area contributed by atoms with Crippen LogP contribution in [0.4, 0.5) is 8.78 Å². The summed E-state index contributed by atoms with van der Waals surface area (Å²) in [4.78, 5) is 26.4. The molecular formula is C21H19F2N3O2. The molecule has 4 N–H and O–H groups in total. The van der Waals surface area contributed by atoms with Crippen molar-refractivity contribution in [2.75, 3.05) is 6.54 Å². The molecule has 3 aromatic rings. The molecule has 2 amide bonds. The Morgan fingerprint density at radius 2 is 1.64 bits per heavy atom. The van der Waals surface area contributed by atoms with Crippen LogP contribution in [0.1, 0.15) is 28.0 Å². The van der Waals surface area contributed by atoms with Crippen LogP contribution in [0.3, 0.4) is 0 Å². The van der Waals surface area contributed by atoms with E-state index in [1.54, 1.807) is 0 Å². The molecule has 144 valence electrons. The molecule has 0 fully saturated rings. The summed E-state index contributed by atoms with van der Waals surface area (Å²) in [7, 11) is 0. The molecule has 0 saturated carbocycles. The highest BCUT2D eigenvalue weighted by Gasteiger charge is 2.24. The first-order valence-electron chi connectivity index (χ1n) is 8.72. The summed E-state index contributed by atoms with van der Waals surface area (Å²) in [6, 6.07) is 12.9. The van der Waals surface area contributed by atoms with Crippen LogP contribution in [0, 0.1) is 11.6 Å². The largest absolute Gasteiger partial charge is 0.370 e. The third kappa shape index (κ3) is 4.25. The summed E-state index contributed by atoms with van der Waals surface area (Å²) >= 11 is 0. The smallest absolute Gasteiger partial charge is 0.253 e. The minimum absolute atomic E-state index is 0.0313. The van der Waals surface area contributed by atoms with Gasteiger partial charge in [-0.05, 0) is 17.7 Å². The number of primary amides is 1. The van der Waals surface area contributed by atoms with Crippen molar-refractivity contribution in [3.63, 3.8) is 0 Å². The van der Waals surface area contributed by atoms with Gasteiger partial charge >= 0.3 is 0 Å². The van der Waals surface area contributed by atoms with Crippen LogP contribution in [-0.2, 0) is 11.2 Å². The van der Waals surface area contributed by atoms with Crippen molar-refractivity contribution in [1.29, 1.82) is 0 Å². The van der Waals surface area contributed by atoms with Crippen molar-refractivity contribution in [2.45, 2.75) is 12.8 Å². The second-order valence-electron chi connectivity index (χ2n) is 6.29. The number of H-pyrrole nitrogens is 1. The molecule has 0 aliphatic carbocycles. The number of aromatic nitrogens is 1. The van der Waals surface area contributed by atoms with Crippen molar-refractivity contribution in [1.82, 2.24) is 10.3 Å². The molecule has 0 radical (unpaired) electrons. The number of nitrogens with two attached hydrogens (primary N) is 1. The molecular weight excluding hydrogens is 364 g/mol. The highest BCUT2D eigenvalue weighted by Crippen LogP contribution is 2.33. The van der Waals surface area contributed by atoms with Crippen LogP contribution >= 0.6 is 0 Å². The average Bonchev–Trinajstić information content (AvgIpc) is 3.05. The Bertz CT molecular complexity index is 980. The fraction of sp³-hybridized carbons (Fsp3) is 0.143. The second kappa shape index (κ2) is 8.47. The Balaban J connectivity index is 2.03. The predicted octanol–water partition coefficient (Wildman–Crippen LogP) is 3.16. The topological polar surface area (TPSA) is 88.0 Å². The van der Waals surface area contributed by atoms with Gasteiger partial charge in [0.15, 0.2) is 0 Å². The van der Waals surface area contributed by atoms with Crippen LogP contribution in [0.5, 0.6) is 0 Å². The SMILES string of the molecule is NC(=O)CCNC(=O)c1c[nH]c(Cc2ccccc2)c1-c1c(F)cccc1F. The number of carbonyl (C=O) groups excluding carboxylic acids is 2. The maximum atomic E-state index is 14.5. The van der Waals surface area contributed by atoms with E-state index in [0.717, 1.165) is 17.7 Å². The lowest BCUT2D eigenvalue weighted by atomic mass is 9.96. The number of carbonyl (C=O) groups is 2. The monoisotopic (exact) mass is 383 g/mol. The van der Waals surface area contributed by atoms with E-state index in [2.05, 4.69) is 10.3 Å². The summed E-state index contributed by atoms with van der Waals surface area (Å²) in [5, 5.41) is 2.55. The molecule has 3 rings (SSSR count). The Labute approximate surface area is 160 Å². The molecule has 1 aromatic heterocycles. The van der Waals surface area contributed by atoms with Gasteiger partial charge in [0.25, 0.3) is 5.91 Å². The van der Waals surface area contributed by atoms with E-state index in [4.69, 9.17) is 5.73 Å². The van der Waals surface area contributed by atoms with Crippen molar-refractivity contribution in [2.24, 2.45) is 5.73 Å². The number of aromatic amines is 1. The molecule has 0 aliphatic heterocycles. The highest BCUT2D eigenvalue weighted by atomic mass is 19.1. The zero-order chi connectivity index (χ0) is 20.1. The maximum absolute atomic E-state index is 14.5. The second-order valence-corrected chi connectivity index (χ2v) is 6.29. The van der Waals surface area contributed by atoms with Crippen LogP contribution < -0.4 is 11.1 Å². The molecule has 0 aliphatic rings. The number of hydrogen-bond acceptors (Lipinski definition) is 2. The van der Waals surface area contributed by atoms with Crippen LogP contribution in [0.15, 0.2) is 54.7 Å². The molecule has 7 heteroatoms. The van der Waals surface area contributed by atoms with Gasteiger partial charge in [-0.15, -0.1) is 0 Å². The lowest BCUT2D eigenvalue weighted by molar-refractivity contribution is -0.117. The standard InChI is InChI=1S/C21H19F2N3O2/c22-15-7-4-8-16(23)20(15)19-14(21(28)25-10-9-18(24)27)12-26-17(19)11-13-5-2-1-3-6-13/h1-8,12,26H,9-11H2,(H2,24,27)(H,25,28). The van der Waals surface area contributed by atoms with Crippen LogP contribution in [0.2, 0.25) is 0 Å². The number of rotatable bonds is 7. The molecule has 0 atom stereocenters. The Morgan fingerprint density at radius 1 is 0.964 bits per heavy atom. The van der Waals surface area contributed by atoms with Crippen molar-refractivity contribution >= 4 is 11.8 Å². The minimum atomic E-state index is -0.764. The van der Waals surface area contributed by atoms with E-state index in [9.17, 15) is 18.4 Å². The lowest BCUT2D eigenvalue weighted by Crippen LogP contribution is -2.28. The fourth-order valence-electron chi connectivity index (χ4n) is 3.00. The fourth-order valence-corrected chi connectivity index (χ4v) is 3.00. The van der Waals surface area contributed by atoms with Crippen LogP contribution in [0.25, 0.3) is 11.1 Å². The first-order chi connectivity index (χ1) is 13.5. The van der Waals surface area contributed by atoms with Gasteiger partial charge in [0.1, 0.15) is 11.6 Å². The number of halogens is 2. The quantitative estimate of drug-likeness (QED) is 0.585. The van der Waals surface area contributed by atoms with Gasteiger partial charge < -0.3 is 16.0 Å². The lowest BCUT2D eigenvalue weighted by Gasteiger charge is -2.11. The molecule has 0 spiro atoms. The van der Waals surface area contributed by atoms with E-state index >= 15 is 0 Å². The third-order valence-electron chi connectivity index (χ3n) is 4.30. The molecule has 1 heterocycles. The van der Waals surface area contributed by atoms with E-state index in [0.29, 0.717) is 12.1 Å². The Morgan fingerprint density at radius 3 is 2.29 bits per heavy atom. The number of hydrogen-bond donors (Lipinski definition) is 3. The van der Waals surface area contributed by atoms with Crippen molar-refractivity contribution in [3.05, 3.63) is 83.2 Å². The van der Waals surface area contributed by atoms with Gasteiger partial charge in [0.2, 0.25) is 5.91 Å². The maximum Gasteiger partial charge on any atom is 0.253 e. The predicted molar refractivity (Wildman–Crippen MR) is 102 cm³/mol. The van der Waals surface area contributed by atoms with Crippen molar-refractivity contribution < 1.29 is 18.4 Å². The zero-order valence-electron chi connectivity index (χ0n) is 15.0. The number of benzene rings is 2. The summed E-state index contributed by atoms with van der Waals surface area (Å²) in [6.45, 7) is 0.0343. The van der Waals surface area contributed by atoms with E-state index < -0.39 is 23.4 Å². The van der Waals surface area contributed by atoms with Gasteiger partial charge in [0, 0.05) is 36.8 Å². The number of amides is 2. The summed E-state index contributed by atoms with van der Waals surface area (Å²) in [5.74, 6) is -2.63. The minimum Gasteiger partial charge on any atom is -0.370 e. The third-order valence-corrected chi connectivity index (χ3v) is 4.30. The summed E-state index contributed by atoms with van der Waals surface area (Å²) < 4.78 is 29.0. The Kier molecular flexibility index (Phi) is 5.84. The van der Waals surface area contributed by atoms with E-state index in [1.165, 1.54) is 12.3 Å². The van der Waals surface area contributed by atoms with E-state index in [-0.39, 0.29) is 29.7 Å². The number of nitrogens with one attached hydrogen (secondary N) is 2. The highest BCUT2D eigenvalue weighted by molar-refractivity contribution is 6.02. The first kappa shape index (κ1) is 19.3. The van der Waals surface area contributed by atoms with Gasteiger partial charge in [-0.25, -0.2) is 8.78 Å². The van der Waals surface area contributed by atoms with Gasteiger partial charge in [-0.2, -0.15) is 0 Å². The molecule has 0 unspecified atom stereocenters. The normalized spacial score (nSPS) is 10.6. The van der Waals surface area contributed by atoms with Crippen molar-refractivity contribution in [3.8, 4) is 11.1 Å². The van der Waals surface area contributed by atoms with Crippen LogP contribution in [-0.4, -0.2) is 23.3 Å².